The summed E-state index contributed by atoms with van der Waals surface area (Å²) < 4.78 is 11.9. The maximum atomic E-state index is 11.9. The summed E-state index contributed by atoms with van der Waals surface area (Å²) in [6.45, 7) is 3.56. The van der Waals surface area contributed by atoms with Gasteiger partial charge < -0.3 is 5.11 Å². The molecule has 1 rings (SSSR count). The summed E-state index contributed by atoms with van der Waals surface area (Å²) in [5, 5.41) is 8.21. The van der Waals surface area contributed by atoms with E-state index in [1.54, 1.807) is 13.8 Å². The van der Waals surface area contributed by atoms with Gasteiger partial charge in [0.05, 0.1) is 0 Å². The lowest BCUT2D eigenvalue weighted by molar-refractivity contribution is -0.137. The van der Waals surface area contributed by atoms with Crippen molar-refractivity contribution in [2.24, 2.45) is 5.92 Å². The smallest absolute Gasteiger partial charge is 0.319 e. The topological polar surface area (TPSA) is 54.4 Å². The van der Waals surface area contributed by atoms with Gasteiger partial charge in [-0.1, -0.05) is 44.2 Å². The second-order valence-electron chi connectivity index (χ2n) is 4.01. The van der Waals surface area contributed by atoms with Gasteiger partial charge >= 0.3 is 5.97 Å². The number of aliphatic carboxylic acids is 1. The highest BCUT2D eigenvalue weighted by Gasteiger charge is 2.27. The van der Waals surface area contributed by atoms with Crippen molar-refractivity contribution in [2.75, 3.05) is 0 Å². The first kappa shape index (κ1) is 12.9. The van der Waals surface area contributed by atoms with Gasteiger partial charge in [-0.05, 0) is 11.5 Å². The Morgan fingerprint density at radius 1 is 1.31 bits per heavy atom. The summed E-state index contributed by atoms with van der Waals surface area (Å²) in [4.78, 5) is 11.0. The maximum Gasteiger partial charge on any atom is 0.319 e. The molecule has 4 heteroatoms. The zero-order chi connectivity index (χ0) is 12.1. The van der Waals surface area contributed by atoms with Gasteiger partial charge in [-0.15, -0.1) is 0 Å². The summed E-state index contributed by atoms with van der Waals surface area (Å²) in [7, 11) is -1.37. The van der Waals surface area contributed by atoms with Gasteiger partial charge in [0, 0.05) is 16.6 Å². The quantitative estimate of drug-likeness (QED) is 0.857. The van der Waals surface area contributed by atoms with Gasteiger partial charge in [-0.3, -0.25) is 9.00 Å². The summed E-state index contributed by atoms with van der Waals surface area (Å²) >= 11 is 0. The van der Waals surface area contributed by atoms with Crippen LogP contribution in [-0.4, -0.2) is 20.5 Å². The highest BCUT2D eigenvalue weighted by atomic mass is 32.2. The molecule has 0 saturated carbocycles. The molecule has 0 amide bonds. The maximum absolute atomic E-state index is 11.9. The Morgan fingerprint density at radius 2 is 1.88 bits per heavy atom. The molecule has 1 N–H and O–H groups in total. The highest BCUT2D eigenvalue weighted by Crippen LogP contribution is 2.14. The SMILES string of the molecule is CC(C)C(C(=O)O)S(=O)Cc1ccccc1. The van der Waals surface area contributed by atoms with Crippen LogP contribution >= 0.6 is 0 Å². The Bertz CT molecular complexity index is 373. The van der Waals surface area contributed by atoms with Crippen LogP contribution in [0, 0.1) is 5.92 Å². The monoisotopic (exact) mass is 240 g/mol. The van der Waals surface area contributed by atoms with Crippen molar-refractivity contribution < 1.29 is 14.1 Å². The minimum atomic E-state index is -1.37. The first-order valence-electron chi connectivity index (χ1n) is 5.16. The average Bonchev–Trinajstić information content (AvgIpc) is 2.17. The Hall–Kier alpha value is -1.16. The Morgan fingerprint density at radius 3 is 2.31 bits per heavy atom. The Kier molecular flexibility index (Phi) is 4.68. The molecule has 88 valence electrons. The lowest BCUT2D eigenvalue weighted by Gasteiger charge is -2.15. The molecule has 3 nitrogen and oxygen atoms in total. The predicted molar refractivity (Wildman–Crippen MR) is 64.6 cm³/mol. The molecule has 2 atom stereocenters. The van der Waals surface area contributed by atoms with Crippen molar-refractivity contribution in [1.29, 1.82) is 0 Å². The van der Waals surface area contributed by atoms with Gasteiger partial charge in [0.1, 0.15) is 5.25 Å². The number of carbonyl (C=O) groups is 1. The van der Waals surface area contributed by atoms with Gasteiger partial charge in [-0.2, -0.15) is 0 Å². The van der Waals surface area contributed by atoms with Crippen molar-refractivity contribution in [2.45, 2.75) is 24.9 Å². The molecule has 0 aliphatic carbocycles. The lowest BCUT2D eigenvalue weighted by atomic mass is 10.1. The fourth-order valence-corrected chi connectivity index (χ4v) is 3.06. The minimum Gasteiger partial charge on any atom is -0.480 e. The minimum absolute atomic E-state index is 0.123. The van der Waals surface area contributed by atoms with Gasteiger partial charge in [0.15, 0.2) is 0 Å². The van der Waals surface area contributed by atoms with Crippen molar-refractivity contribution in [3.05, 3.63) is 35.9 Å². The van der Waals surface area contributed by atoms with Crippen LogP contribution in [0.2, 0.25) is 0 Å². The fraction of sp³-hybridized carbons (Fsp3) is 0.417. The Labute approximate surface area is 98.0 Å². The van der Waals surface area contributed by atoms with E-state index in [-0.39, 0.29) is 5.92 Å². The standard InChI is InChI=1S/C12H16O3S/c1-9(2)11(12(13)14)16(15)8-10-6-4-3-5-7-10/h3-7,9,11H,8H2,1-2H3,(H,13,14). The average molecular weight is 240 g/mol. The van der Waals surface area contributed by atoms with Gasteiger partial charge in [0.2, 0.25) is 0 Å². The molecule has 0 radical (unpaired) electrons. The predicted octanol–water partition coefficient (Wildman–Crippen LogP) is 2.04. The number of hydrogen-bond acceptors (Lipinski definition) is 2. The first-order valence-corrected chi connectivity index (χ1v) is 6.54. The van der Waals surface area contributed by atoms with Gasteiger partial charge in [0.25, 0.3) is 0 Å². The normalized spacial score (nSPS) is 14.7. The third-order valence-corrected chi connectivity index (χ3v) is 4.21. The molecular formula is C12H16O3S. The zero-order valence-electron chi connectivity index (χ0n) is 9.42. The van der Waals surface area contributed by atoms with Crippen molar-refractivity contribution >= 4 is 16.8 Å². The van der Waals surface area contributed by atoms with E-state index in [0.29, 0.717) is 5.75 Å². The van der Waals surface area contributed by atoms with Crippen molar-refractivity contribution in [1.82, 2.24) is 0 Å². The van der Waals surface area contributed by atoms with E-state index < -0.39 is 22.0 Å². The summed E-state index contributed by atoms with van der Waals surface area (Å²) in [5.41, 5.74) is 0.910. The van der Waals surface area contributed by atoms with E-state index in [0.717, 1.165) is 5.56 Å². The van der Waals surface area contributed by atoms with Crippen molar-refractivity contribution in [3.8, 4) is 0 Å². The van der Waals surface area contributed by atoms with Crippen LogP contribution in [0.4, 0.5) is 0 Å². The molecule has 0 fully saturated rings. The summed E-state index contributed by atoms with van der Waals surface area (Å²) in [6.07, 6.45) is 0. The number of carboxylic acid groups (broad SMARTS) is 1. The van der Waals surface area contributed by atoms with Crippen LogP contribution in [0.3, 0.4) is 0 Å². The van der Waals surface area contributed by atoms with Crippen LogP contribution in [0.25, 0.3) is 0 Å². The largest absolute Gasteiger partial charge is 0.480 e. The molecule has 0 spiro atoms. The molecule has 0 heterocycles. The highest BCUT2D eigenvalue weighted by molar-refractivity contribution is 7.85. The van der Waals surface area contributed by atoms with E-state index in [1.807, 2.05) is 30.3 Å². The molecule has 0 aliphatic heterocycles. The Balaban J connectivity index is 2.74. The molecule has 0 saturated heterocycles. The van der Waals surface area contributed by atoms with E-state index in [2.05, 4.69) is 0 Å². The molecule has 1 aromatic carbocycles. The van der Waals surface area contributed by atoms with E-state index >= 15 is 0 Å². The van der Waals surface area contributed by atoms with E-state index in [1.165, 1.54) is 0 Å². The van der Waals surface area contributed by atoms with Crippen LogP contribution in [0.5, 0.6) is 0 Å². The number of carboxylic acids is 1. The molecule has 0 aliphatic rings. The summed E-state index contributed by atoms with van der Waals surface area (Å²) in [6, 6.07) is 9.31. The first-order chi connectivity index (χ1) is 7.52. The number of benzene rings is 1. The third-order valence-electron chi connectivity index (χ3n) is 2.28. The number of hydrogen-bond donors (Lipinski definition) is 1. The lowest BCUT2D eigenvalue weighted by Crippen LogP contribution is -2.31. The van der Waals surface area contributed by atoms with Crippen molar-refractivity contribution in [3.63, 3.8) is 0 Å². The zero-order valence-corrected chi connectivity index (χ0v) is 10.2. The van der Waals surface area contributed by atoms with E-state index in [9.17, 15) is 9.00 Å². The summed E-state index contributed by atoms with van der Waals surface area (Å²) in [5.74, 6) is -0.804. The molecule has 2 unspecified atom stereocenters. The second kappa shape index (κ2) is 5.80. The second-order valence-corrected chi connectivity index (χ2v) is 5.57. The molecular weight excluding hydrogens is 224 g/mol. The third kappa shape index (κ3) is 3.45. The van der Waals surface area contributed by atoms with Crippen LogP contribution in [-0.2, 0) is 21.3 Å². The molecule has 1 aromatic rings. The molecule has 0 bridgehead atoms. The molecule has 16 heavy (non-hydrogen) atoms. The van der Waals surface area contributed by atoms with Crippen LogP contribution in [0.15, 0.2) is 30.3 Å². The number of rotatable bonds is 5. The van der Waals surface area contributed by atoms with Crippen LogP contribution < -0.4 is 0 Å². The fourth-order valence-electron chi connectivity index (χ4n) is 1.53. The molecule has 0 aromatic heterocycles. The van der Waals surface area contributed by atoms with Crippen LogP contribution in [0.1, 0.15) is 19.4 Å². The van der Waals surface area contributed by atoms with E-state index in [4.69, 9.17) is 5.11 Å². The van der Waals surface area contributed by atoms with Gasteiger partial charge in [-0.25, -0.2) is 0 Å².